The smallest absolute Gasteiger partial charge is 0.328 e. The minimum atomic E-state index is 0.0907. The van der Waals surface area contributed by atoms with Crippen molar-refractivity contribution >= 4 is 17.5 Å². The molecule has 0 fully saturated rings. The molecule has 17 heavy (non-hydrogen) atoms. The van der Waals surface area contributed by atoms with E-state index in [9.17, 15) is 0 Å². The zero-order valence-electron chi connectivity index (χ0n) is 9.44. The third-order valence-electron chi connectivity index (χ3n) is 2.11. The predicted molar refractivity (Wildman–Crippen MR) is 65.6 cm³/mol. The van der Waals surface area contributed by atoms with Gasteiger partial charge in [-0.15, -0.1) is 0 Å². The summed E-state index contributed by atoms with van der Waals surface area (Å²) in [5.74, 6) is 1.06. The van der Waals surface area contributed by atoms with Gasteiger partial charge in [0.2, 0.25) is 11.2 Å². The van der Waals surface area contributed by atoms with Gasteiger partial charge in [-0.25, -0.2) is 0 Å². The minimum Gasteiger partial charge on any atom is -0.424 e. The number of aromatic nitrogens is 3. The highest BCUT2D eigenvalue weighted by Gasteiger charge is 2.07. The van der Waals surface area contributed by atoms with Crippen LogP contribution in [0.25, 0.3) is 0 Å². The number of hydrogen-bond donors (Lipinski definition) is 1. The molecule has 1 heterocycles. The average molecular weight is 251 g/mol. The maximum atomic E-state index is 5.75. The second kappa shape index (κ2) is 4.97. The lowest BCUT2D eigenvalue weighted by Crippen LogP contribution is -2.01. The molecule has 0 saturated heterocycles. The van der Waals surface area contributed by atoms with Crippen LogP contribution in [0.2, 0.25) is 5.28 Å². The summed E-state index contributed by atoms with van der Waals surface area (Å²) in [6.45, 7) is 1.94. The van der Waals surface area contributed by atoms with E-state index in [1.54, 1.807) is 7.05 Å². The normalized spacial score (nSPS) is 10.1. The van der Waals surface area contributed by atoms with Gasteiger partial charge in [-0.1, -0.05) is 18.2 Å². The SMILES string of the molecule is CNc1nc(Cl)nc(Oc2ccccc2C)n1. The van der Waals surface area contributed by atoms with Crippen molar-refractivity contribution in [1.82, 2.24) is 15.0 Å². The fourth-order valence-corrected chi connectivity index (χ4v) is 1.41. The number of nitrogens with one attached hydrogen (secondary N) is 1. The van der Waals surface area contributed by atoms with E-state index in [4.69, 9.17) is 16.3 Å². The molecule has 6 heteroatoms. The van der Waals surface area contributed by atoms with Crippen LogP contribution >= 0.6 is 11.6 Å². The van der Waals surface area contributed by atoms with Crippen molar-refractivity contribution in [3.8, 4) is 11.8 Å². The summed E-state index contributed by atoms with van der Waals surface area (Å²) in [5.41, 5.74) is 0.995. The van der Waals surface area contributed by atoms with Crippen molar-refractivity contribution in [1.29, 1.82) is 0 Å². The van der Waals surface area contributed by atoms with E-state index in [0.717, 1.165) is 5.56 Å². The molecule has 1 aromatic heterocycles. The summed E-state index contributed by atoms with van der Waals surface area (Å²) >= 11 is 5.75. The lowest BCUT2D eigenvalue weighted by atomic mass is 10.2. The van der Waals surface area contributed by atoms with E-state index in [1.807, 2.05) is 31.2 Å². The lowest BCUT2D eigenvalue weighted by Gasteiger charge is -2.07. The Hall–Kier alpha value is -1.88. The number of hydrogen-bond acceptors (Lipinski definition) is 5. The summed E-state index contributed by atoms with van der Waals surface area (Å²) in [7, 11) is 1.70. The van der Waals surface area contributed by atoms with Gasteiger partial charge < -0.3 is 10.1 Å². The summed E-state index contributed by atoms with van der Waals surface area (Å²) in [5, 5.41) is 2.87. The van der Waals surface area contributed by atoms with Gasteiger partial charge >= 0.3 is 6.01 Å². The highest BCUT2D eigenvalue weighted by atomic mass is 35.5. The molecule has 88 valence electrons. The Bertz CT molecular complexity index is 533. The number of ether oxygens (including phenoxy) is 1. The molecule has 2 rings (SSSR count). The Morgan fingerprint density at radius 3 is 2.65 bits per heavy atom. The molecule has 0 radical (unpaired) electrons. The minimum absolute atomic E-state index is 0.0907. The standard InChI is InChI=1S/C11H11ClN4O/c1-7-5-3-4-6-8(7)17-11-15-9(12)14-10(13-2)16-11/h3-6H,1-2H3,(H,13,14,15,16). The largest absolute Gasteiger partial charge is 0.424 e. The molecule has 0 spiro atoms. The molecule has 0 saturated carbocycles. The third-order valence-corrected chi connectivity index (χ3v) is 2.28. The molecule has 0 atom stereocenters. The van der Waals surface area contributed by atoms with Crippen LogP contribution in [0.15, 0.2) is 24.3 Å². The van der Waals surface area contributed by atoms with Crippen molar-refractivity contribution in [2.45, 2.75) is 6.92 Å². The maximum Gasteiger partial charge on any atom is 0.328 e. The molecular formula is C11H11ClN4O. The lowest BCUT2D eigenvalue weighted by molar-refractivity contribution is 0.437. The molecular weight excluding hydrogens is 240 g/mol. The highest BCUT2D eigenvalue weighted by molar-refractivity contribution is 6.28. The number of halogens is 1. The van der Waals surface area contributed by atoms with E-state index in [0.29, 0.717) is 11.7 Å². The Labute approximate surface area is 104 Å². The molecule has 1 aromatic carbocycles. The Balaban J connectivity index is 2.30. The molecule has 0 bridgehead atoms. The van der Waals surface area contributed by atoms with Crippen molar-refractivity contribution in [3.05, 3.63) is 35.1 Å². The van der Waals surface area contributed by atoms with Crippen molar-refractivity contribution in [2.75, 3.05) is 12.4 Å². The van der Waals surface area contributed by atoms with Crippen molar-refractivity contribution in [2.24, 2.45) is 0 Å². The highest BCUT2D eigenvalue weighted by Crippen LogP contribution is 2.22. The van der Waals surface area contributed by atoms with E-state index < -0.39 is 0 Å². The van der Waals surface area contributed by atoms with Crippen LogP contribution < -0.4 is 10.1 Å². The van der Waals surface area contributed by atoms with Crippen molar-refractivity contribution < 1.29 is 4.74 Å². The second-order valence-electron chi connectivity index (χ2n) is 3.33. The summed E-state index contributed by atoms with van der Waals surface area (Å²) in [6.07, 6.45) is 0. The fraction of sp³-hybridized carbons (Fsp3) is 0.182. The van der Waals surface area contributed by atoms with Crippen molar-refractivity contribution in [3.63, 3.8) is 0 Å². The van der Waals surface area contributed by atoms with Crippen LogP contribution in [-0.2, 0) is 0 Å². The van der Waals surface area contributed by atoms with Crippen LogP contribution in [0, 0.1) is 6.92 Å². The van der Waals surface area contributed by atoms with Crippen LogP contribution in [0.3, 0.4) is 0 Å². The summed E-state index contributed by atoms with van der Waals surface area (Å²) in [6, 6.07) is 7.76. The molecule has 5 nitrogen and oxygen atoms in total. The first-order valence-electron chi connectivity index (χ1n) is 5.02. The Morgan fingerprint density at radius 2 is 1.94 bits per heavy atom. The van der Waals surface area contributed by atoms with Gasteiger partial charge in [0.15, 0.2) is 0 Å². The molecule has 0 aliphatic carbocycles. The quantitative estimate of drug-likeness (QED) is 0.908. The zero-order valence-corrected chi connectivity index (χ0v) is 10.2. The van der Waals surface area contributed by atoms with Crippen LogP contribution in [0.5, 0.6) is 11.8 Å². The molecule has 0 aliphatic heterocycles. The number of aryl methyl sites for hydroxylation is 1. The molecule has 0 unspecified atom stereocenters. The van der Waals surface area contributed by atoms with Gasteiger partial charge in [-0.05, 0) is 30.2 Å². The van der Waals surface area contributed by atoms with Crippen LogP contribution in [-0.4, -0.2) is 22.0 Å². The number of nitrogens with zero attached hydrogens (tertiary/aromatic N) is 3. The second-order valence-corrected chi connectivity index (χ2v) is 3.67. The number of anilines is 1. The Kier molecular flexibility index (Phi) is 3.39. The number of benzene rings is 1. The first kappa shape index (κ1) is 11.6. The van der Waals surface area contributed by atoms with E-state index >= 15 is 0 Å². The summed E-state index contributed by atoms with van der Waals surface area (Å²) < 4.78 is 5.55. The number of para-hydroxylation sites is 1. The monoisotopic (exact) mass is 250 g/mol. The van der Waals surface area contributed by atoms with E-state index in [-0.39, 0.29) is 11.3 Å². The van der Waals surface area contributed by atoms with E-state index in [2.05, 4.69) is 20.3 Å². The first-order chi connectivity index (χ1) is 8.19. The molecule has 1 N–H and O–H groups in total. The van der Waals surface area contributed by atoms with Gasteiger partial charge in [0.25, 0.3) is 0 Å². The van der Waals surface area contributed by atoms with Crippen LogP contribution in [0.1, 0.15) is 5.56 Å². The Morgan fingerprint density at radius 1 is 1.18 bits per heavy atom. The molecule has 2 aromatic rings. The van der Waals surface area contributed by atoms with Gasteiger partial charge in [0.05, 0.1) is 0 Å². The number of rotatable bonds is 3. The van der Waals surface area contributed by atoms with Gasteiger partial charge in [-0.2, -0.15) is 15.0 Å². The maximum absolute atomic E-state index is 5.75. The zero-order chi connectivity index (χ0) is 12.3. The molecule has 0 amide bonds. The summed E-state index contributed by atoms with van der Waals surface area (Å²) in [4.78, 5) is 11.8. The average Bonchev–Trinajstić information content (AvgIpc) is 2.31. The van der Waals surface area contributed by atoms with Gasteiger partial charge in [0, 0.05) is 7.05 Å². The molecule has 0 aliphatic rings. The predicted octanol–water partition coefficient (Wildman–Crippen LogP) is 2.67. The van der Waals surface area contributed by atoms with Gasteiger partial charge in [0.1, 0.15) is 5.75 Å². The van der Waals surface area contributed by atoms with Gasteiger partial charge in [-0.3, -0.25) is 0 Å². The van der Waals surface area contributed by atoms with Crippen LogP contribution in [0.4, 0.5) is 5.95 Å². The van der Waals surface area contributed by atoms with E-state index in [1.165, 1.54) is 0 Å². The fourth-order valence-electron chi connectivity index (χ4n) is 1.26. The topological polar surface area (TPSA) is 59.9 Å². The third kappa shape index (κ3) is 2.82. The first-order valence-corrected chi connectivity index (χ1v) is 5.39.